The molecule has 3 rings (SSSR count). The van der Waals surface area contributed by atoms with Crippen molar-refractivity contribution in [1.29, 1.82) is 5.41 Å². The summed E-state index contributed by atoms with van der Waals surface area (Å²) < 4.78 is 0.986. The molecule has 0 amide bonds. The van der Waals surface area contributed by atoms with Crippen LogP contribution in [0.2, 0.25) is 0 Å². The molecule has 21 heavy (non-hydrogen) atoms. The first-order chi connectivity index (χ1) is 9.88. The summed E-state index contributed by atoms with van der Waals surface area (Å²) in [7, 11) is 0. The van der Waals surface area contributed by atoms with Crippen LogP contribution < -0.4 is 10.6 Å². The smallest absolute Gasteiger partial charge is 0.335 e. The molecule has 106 valence electrons. The lowest BCUT2D eigenvalue weighted by Gasteiger charge is -2.00. The van der Waals surface area contributed by atoms with E-state index in [0.29, 0.717) is 4.83 Å². The fourth-order valence-corrected chi connectivity index (χ4v) is 2.56. The van der Waals surface area contributed by atoms with Crippen molar-refractivity contribution >= 4 is 44.2 Å². The molecule has 2 aromatic heterocycles. The fourth-order valence-electron chi connectivity index (χ4n) is 1.81. The minimum absolute atomic E-state index is 0.00990. The number of benzene rings is 1. The average Bonchev–Trinajstić information content (AvgIpc) is 2.69. The van der Waals surface area contributed by atoms with Crippen LogP contribution in [0.25, 0.3) is 21.5 Å². The molecule has 0 radical (unpaired) electrons. The van der Waals surface area contributed by atoms with E-state index in [1.54, 1.807) is 0 Å². The minimum Gasteiger partial charge on any atom is -0.335 e. The SMILES string of the molecule is N=c1sc2nc3cc([N+](=O)[O-])c([N+](=O)[O-])cc3nc2n1N. The number of rotatable bonds is 2. The quantitative estimate of drug-likeness (QED) is 0.398. The van der Waals surface area contributed by atoms with Crippen LogP contribution in [-0.2, 0) is 0 Å². The van der Waals surface area contributed by atoms with Gasteiger partial charge in [0.1, 0.15) is 0 Å². The number of aromatic nitrogens is 3. The molecule has 0 saturated carbocycles. The Balaban J connectivity index is 2.45. The van der Waals surface area contributed by atoms with Crippen molar-refractivity contribution in [2.24, 2.45) is 0 Å². The highest BCUT2D eigenvalue weighted by molar-refractivity contribution is 7.15. The van der Waals surface area contributed by atoms with Gasteiger partial charge >= 0.3 is 11.4 Å². The van der Waals surface area contributed by atoms with Gasteiger partial charge in [-0.05, 0) is 0 Å². The number of nitro groups is 2. The zero-order valence-corrected chi connectivity index (χ0v) is 10.8. The number of nitrogens with one attached hydrogen (secondary N) is 1. The van der Waals surface area contributed by atoms with E-state index in [2.05, 4.69) is 9.97 Å². The van der Waals surface area contributed by atoms with Crippen molar-refractivity contribution in [2.75, 3.05) is 5.84 Å². The standard InChI is InChI=1S/C9H5N7O4S/c10-9-14(11)7-8(21-9)13-4-2-6(16(19)20)5(15(17)18)1-3(4)12-7/h1-2,10H,11H2. The van der Waals surface area contributed by atoms with Crippen molar-refractivity contribution in [3.05, 3.63) is 37.2 Å². The van der Waals surface area contributed by atoms with Crippen LogP contribution in [-0.4, -0.2) is 24.5 Å². The van der Waals surface area contributed by atoms with Crippen LogP contribution in [0.3, 0.4) is 0 Å². The van der Waals surface area contributed by atoms with Gasteiger partial charge < -0.3 is 5.84 Å². The highest BCUT2D eigenvalue weighted by atomic mass is 32.1. The van der Waals surface area contributed by atoms with E-state index >= 15 is 0 Å². The van der Waals surface area contributed by atoms with Crippen molar-refractivity contribution in [2.45, 2.75) is 0 Å². The van der Waals surface area contributed by atoms with E-state index in [4.69, 9.17) is 11.3 Å². The topological polar surface area (TPSA) is 167 Å². The summed E-state index contributed by atoms with van der Waals surface area (Å²) in [5, 5.41) is 29.4. The van der Waals surface area contributed by atoms with Gasteiger partial charge in [0.2, 0.25) is 4.80 Å². The summed E-state index contributed by atoms with van der Waals surface area (Å²) in [4.78, 5) is 28.6. The van der Waals surface area contributed by atoms with Crippen LogP contribution in [0.15, 0.2) is 12.1 Å². The Labute approximate surface area is 118 Å². The molecule has 0 saturated heterocycles. The molecule has 12 heteroatoms. The number of nitrogen functional groups attached to an aromatic ring is 1. The molecule has 0 aliphatic heterocycles. The first-order valence-electron chi connectivity index (χ1n) is 5.34. The number of thiazole rings is 1. The Morgan fingerprint density at radius 1 is 1.14 bits per heavy atom. The van der Waals surface area contributed by atoms with Crippen LogP contribution in [0.5, 0.6) is 0 Å². The van der Waals surface area contributed by atoms with E-state index in [1.807, 2.05) is 0 Å². The Bertz CT molecular complexity index is 991. The van der Waals surface area contributed by atoms with Crippen LogP contribution >= 0.6 is 11.3 Å². The highest BCUT2D eigenvalue weighted by Gasteiger charge is 2.26. The maximum atomic E-state index is 10.9. The maximum absolute atomic E-state index is 10.9. The van der Waals surface area contributed by atoms with E-state index in [1.165, 1.54) is 0 Å². The Morgan fingerprint density at radius 3 is 2.19 bits per heavy atom. The highest BCUT2D eigenvalue weighted by Crippen LogP contribution is 2.31. The van der Waals surface area contributed by atoms with E-state index in [0.717, 1.165) is 28.1 Å². The third-order valence-electron chi connectivity index (χ3n) is 2.75. The van der Waals surface area contributed by atoms with Gasteiger partial charge in [-0.2, -0.15) is 0 Å². The zero-order chi connectivity index (χ0) is 15.3. The molecular formula is C9H5N7O4S. The first kappa shape index (κ1) is 12.9. The molecule has 11 nitrogen and oxygen atoms in total. The maximum Gasteiger partial charge on any atom is 0.348 e. The molecule has 1 aromatic carbocycles. The molecule has 0 aliphatic carbocycles. The van der Waals surface area contributed by atoms with Crippen molar-refractivity contribution in [3.63, 3.8) is 0 Å². The average molecular weight is 307 g/mol. The van der Waals surface area contributed by atoms with E-state index < -0.39 is 21.2 Å². The van der Waals surface area contributed by atoms with Gasteiger partial charge in [-0.1, -0.05) is 11.3 Å². The minimum atomic E-state index is -0.858. The number of nitrogens with zero attached hydrogens (tertiary/aromatic N) is 5. The summed E-state index contributed by atoms with van der Waals surface area (Å²) in [5.74, 6) is 5.60. The Kier molecular flexibility index (Phi) is 2.56. The second kappa shape index (κ2) is 4.17. The number of fused-ring (bicyclic) bond motifs is 2. The van der Waals surface area contributed by atoms with Gasteiger partial charge in [0.25, 0.3) is 0 Å². The lowest BCUT2D eigenvalue weighted by Crippen LogP contribution is -2.21. The normalized spacial score (nSPS) is 11.0. The molecule has 0 unspecified atom stereocenters. The zero-order valence-electron chi connectivity index (χ0n) is 10.0. The lowest BCUT2D eigenvalue weighted by molar-refractivity contribution is -0.422. The summed E-state index contributed by atoms with van der Waals surface area (Å²) in [6.07, 6.45) is 0. The Hall–Kier alpha value is -3.15. The molecule has 0 spiro atoms. The molecule has 0 atom stereocenters. The summed E-state index contributed by atoms with van der Waals surface area (Å²) in [6.45, 7) is 0. The number of nitrogens with two attached hydrogens (primary N) is 1. The van der Waals surface area contributed by atoms with Crippen molar-refractivity contribution in [1.82, 2.24) is 14.6 Å². The van der Waals surface area contributed by atoms with Gasteiger partial charge in [0.05, 0.1) is 33.0 Å². The molecule has 2 heterocycles. The summed E-state index contributed by atoms with van der Waals surface area (Å²) in [6, 6.07) is 1.96. The van der Waals surface area contributed by atoms with Crippen LogP contribution in [0.4, 0.5) is 11.4 Å². The predicted octanol–water partition coefficient (Wildman–Crippen LogP) is 0.656. The molecule has 0 bridgehead atoms. The van der Waals surface area contributed by atoms with E-state index in [9.17, 15) is 20.2 Å². The molecule has 0 fully saturated rings. The first-order valence-corrected chi connectivity index (χ1v) is 6.16. The van der Waals surface area contributed by atoms with Gasteiger partial charge in [-0.25, -0.2) is 14.6 Å². The van der Waals surface area contributed by atoms with Crippen molar-refractivity contribution < 1.29 is 9.85 Å². The van der Waals surface area contributed by atoms with E-state index in [-0.39, 0.29) is 21.5 Å². The fraction of sp³-hybridized carbons (Fsp3) is 0. The summed E-state index contributed by atoms with van der Waals surface area (Å²) in [5.41, 5.74) is -0.936. The molecular weight excluding hydrogens is 302 g/mol. The van der Waals surface area contributed by atoms with Crippen molar-refractivity contribution in [3.8, 4) is 0 Å². The second-order valence-electron chi connectivity index (χ2n) is 3.97. The third kappa shape index (κ3) is 1.85. The Morgan fingerprint density at radius 2 is 1.67 bits per heavy atom. The second-order valence-corrected chi connectivity index (χ2v) is 4.95. The molecule has 3 N–H and O–H groups in total. The van der Waals surface area contributed by atoms with Gasteiger partial charge in [-0.3, -0.25) is 25.6 Å². The van der Waals surface area contributed by atoms with Crippen LogP contribution in [0.1, 0.15) is 0 Å². The molecule has 0 aliphatic rings. The van der Waals surface area contributed by atoms with Gasteiger partial charge in [0.15, 0.2) is 10.5 Å². The monoisotopic (exact) mass is 307 g/mol. The largest absolute Gasteiger partial charge is 0.348 e. The molecule has 3 aromatic rings. The van der Waals surface area contributed by atoms with Gasteiger partial charge in [0, 0.05) is 0 Å². The lowest BCUT2D eigenvalue weighted by atomic mass is 10.2. The predicted molar refractivity (Wildman–Crippen MR) is 72.2 cm³/mol. The number of hydrogen-bond donors (Lipinski definition) is 2. The van der Waals surface area contributed by atoms with Gasteiger partial charge in [-0.15, -0.1) is 0 Å². The number of nitro benzene ring substituents is 2. The summed E-state index contributed by atoms with van der Waals surface area (Å²) >= 11 is 0.946. The van der Waals surface area contributed by atoms with Crippen LogP contribution in [0, 0.1) is 25.6 Å². The third-order valence-corrected chi connectivity index (χ3v) is 3.60. The number of hydrogen-bond acceptors (Lipinski definition) is 9.